The zero-order valence-corrected chi connectivity index (χ0v) is 17.0. The summed E-state index contributed by atoms with van der Waals surface area (Å²) in [6.07, 6.45) is 3.92. The third-order valence-electron chi connectivity index (χ3n) is 5.44. The van der Waals surface area contributed by atoms with Gasteiger partial charge in [-0.15, -0.1) is 0 Å². The maximum Gasteiger partial charge on any atom is 0.272 e. The quantitative estimate of drug-likeness (QED) is 0.600. The van der Waals surface area contributed by atoms with Gasteiger partial charge in [-0.25, -0.2) is 4.68 Å². The van der Waals surface area contributed by atoms with E-state index >= 15 is 0 Å². The van der Waals surface area contributed by atoms with E-state index in [0.29, 0.717) is 12.2 Å². The molecule has 1 N–H and O–H groups in total. The van der Waals surface area contributed by atoms with Crippen molar-refractivity contribution < 1.29 is 4.79 Å². The number of hydrogen-bond acceptors (Lipinski definition) is 3. The first-order chi connectivity index (χ1) is 14.2. The van der Waals surface area contributed by atoms with Crippen LogP contribution in [0.3, 0.4) is 0 Å². The average Bonchev–Trinajstić information content (AvgIpc) is 3.35. The molecule has 0 spiro atoms. The van der Waals surface area contributed by atoms with Gasteiger partial charge in [-0.3, -0.25) is 4.79 Å². The number of benzene rings is 2. The highest BCUT2D eigenvalue weighted by Crippen LogP contribution is 2.27. The summed E-state index contributed by atoms with van der Waals surface area (Å²) in [6, 6.07) is 20.5. The summed E-state index contributed by atoms with van der Waals surface area (Å²) >= 11 is 0. The monoisotopic (exact) mass is 388 g/mol. The number of nitrogens with zero attached hydrogens (tertiary/aromatic N) is 3. The predicted octanol–water partition coefficient (Wildman–Crippen LogP) is 3.61. The molecule has 0 aliphatic heterocycles. The van der Waals surface area contributed by atoms with Gasteiger partial charge in [0.2, 0.25) is 0 Å². The molecule has 0 unspecified atom stereocenters. The van der Waals surface area contributed by atoms with Crippen LogP contribution in [-0.2, 0) is 19.4 Å². The minimum Gasteiger partial charge on any atom is -0.351 e. The molecule has 0 saturated heterocycles. The van der Waals surface area contributed by atoms with Crippen LogP contribution in [0.4, 0.5) is 0 Å². The molecule has 0 radical (unpaired) electrons. The van der Waals surface area contributed by atoms with Crippen LogP contribution in [0.25, 0.3) is 5.69 Å². The highest BCUT2D eigenvalue weighted by molar-refractivity contribution is 5.94. The molecule has 2 aromatic carbocycles. The van der Waals surface area contributed by atoms with Gasteiger partial charge >= 0.3 is 0 Å². The summed E-state index contributed by atoms with van der Waals surface area (Å²) in [5.74, 6) is -0.0523. The number of nitrogens with one attached hydrogen (secondary N) is 1. The Morgan fingerprint density at radius 2 is 1.79 bits per heavy atom. The Hall–Kier alpha value is -2.92. The molecule has 0 bridgehead atoms. The minimum atomic E-state index is -0.0523. The molecule has 0 fully saturated rings. The standard InChI is InChI=1S/C24H28N4O/c1-27(18-19-10-4-2-5-11-19)17-9-16-25-24(29)23-21-14-8-15-22(21)28(26-23)20-12-6-3-7-13-20/h2-7,10-13H,8-9,14-18H2,1H3,(H,25,29). The lowest BCUT2D eigenvalue weighted by molar-refractivity contribution is 0.0945. The number of rotatable bonds is 8. The molecular weight excluding hydrogens is 360 g/mol. The van der Waals surface area contributed by atoms with Crippen molar-refractivity contribution in [1.82, 2.24) is 20.0 Å². The zero-order valence-electron chi connectivity index (χ0n) is 17.0. The minimum absolute atomic E-state index is 0.0523. The zero-order chi connectivity index (χ0) is 20.1. The first kappa shape index (κ1) is 19.4. The summed E-state index contributed by atoms with van der Waals surface area (Å²) in [5, 5.41) is 7.74. The third kappa shape index (κ3) is 4.57. The van der Waals surface area contributed by atoms with Crippen molar-refractivity contribution in [3.05, 3.63) is 83.2 Å². The number of carbonyl (C=O) groups is 1. The molecular formula is C24H28N4O. The van der Waals surface area contributed by atoms with Crippen LogP contribution in [0.1, 0.15) is 40.2 Å². The molecule has 29 heavy (non-hydrogen) atoms. The van der Waals surface area contributed by atoms with Gasteiger partial charge in [0.1, 0.15) is 0 Å². The van der Waals surface area contributed by atoms with Crippen LogP contribution >= 0.6 is 0 Å². The van der Waals surface area contributed by atoms with Crippen molar-refractivity contribution in [2.45, 2.75) is 32.2 Å². The average molecular weight is 389 g/mol. The summed E-state index contributed by atoms with van der Waals surface area (Å²) < 4.78 is 1.95. The summed E-state index contributed by atoms with van der Waals surface area (Å²) in [6.45, 7) is 2.51. The fraction of sp³-hybridized carbons (Fsp3) is 0.333. The highest BCUT2D eigenvalue weighted by atomic mass is 16.1. The van der Waals surface area contributed by atoms with E-state index in [9.17, 15) is 4.79 Å². The number of aromatic nitrogens is 2. The molecule has 4 rings (SSSR count). The fourth-order valence-corrected chi connectivity index (χ4v) is 4.01. The summed E-state index contributed by atoms with van der Waals surface area (Å²) in [4.78, 5) is 15.1. The molecule has 150 valence electrons. The van der Waals surface area contributed by atoms with E-state index in [1.807, 2.05) is 41.1 Å². The van der Waals surface area contributed by atoms with E-state index in [-0.39, 0.29) is 5.91 Å². The third-order valence-corrected chi connectivity index (χ3v) is 5.44. The predicted molar refractivity (Wildman–Crippen MR) is 115 cm³/mol. The lowest BCUT2D eigenvalue weighted by atomic mass is 10.2. The number of amides is 1. The van der Waals surface area contributed by atoms with E-state index in [1.54, 1.807) is 0 Å². The number of para-hydroxylation sites is 1. The molecule has 0 saturated carbocycles. The van der Waals surface area contributed by atoms with E-state index in [2.05, 4.69) is 46.6 Å². The Morgan fingerprint density at radius 3 is 2.55 bits per heavy atom. The second kappa shape index (κ2) is 9.05. The molecule has 1 heterocycles. The largest absolute Gasteiger partial charge is 0.351 e. The second-order valence-electron chi connectivity index (χ2n) is 7.71. The Bertz CT molecular complexity index is 950. The topological polar surface area (TPSA) is 50.2 Å². The van der Waals surface area contributed by atoms with Crippen LogP contribution in [0.2, 0.25) is 0 Å². The van der Waals surface area contributed by atoms with Crippen LogP contribution in [0, 0.1) is 0 Å². The maximum atomic E-state index is 12.8. The number of carbonyl (C=O) groups excluding carboxylic acids is 1. The fourth-order valence-electron chi connectivity index (χ4n) is 4.01. The van der Waals surface area contributed by atoms with Crippen molar-refractivity contribution in [2.75, 3.05) is 20.1 Å². The lowest BCUT2D eigenvalue weighted by Crippen LogP contribution is -2.29. The molecule has 1 amide bonds. The van der Waals surface area contributed by atoms with Gasteiger partial charge in [0.05, 0.1) is 5.69 Å². The van der Waals surface area contributed by atoms with E-state index in [0.717, 1.165) is 50.0 Å². The van der Waals surface area contributed by atoms with E-state index in [1.165, 1.54) is 11.3 Å². The van der Waals surface area contributed by atoms with Crippen LogP contribution in [0.5, 0.6) is 0 Å². The molecule has 1 aliphatic carbocycles. The smallest absolute Gasteiger partial charge is 0.272 e. The van der Waals surface area contributed by atoms with Gasteiger partial charge < -0.3 is 10.2 Å². The summed E-state index contributed by atoms with van der Waals surface area (Å²) in [7, 11) is 2.11. The maximum absolute atomic E-state index is 12.8. The first-order valence-electron chi connectivity index (χ1n) is 10.4. The van der Waals surface area contributed by atoms with Gasteiger partial charge in [-0.1, -0.05) is 48.5 Å². The van der Waals surface area contributed by atoms with Crippen molar-refractivity contribution in [2.24, 2.45) is 0 Å². The molecule has 0 atom stereocenters. The summed E-state index contributed by atoms with van der Waals surface area (Å²) in [5.41, 5.74) is 5.23. The Morgan fingerprint density at radius 1 is 1.07 bits per heavy atom. The van der Waals surface area contributed by atoms with Crippen LogP contribution in [-0.4, -0.2) is 40.7 Å². The van der Waals surface area contributed by atoms with Crippen molar-refractivity contribution in [3.8, 4) is 5.69 Å². The van der Waals surface area contributed by atoms with Gasteiger partial charge in [0.25, 0.3) is 5.91 Å². The SMILES string of the molecule is CN(CCCNC(=O)c1nn(-c2ccccc2)c2c1CCC2)Cc1ccccc1. The molecule has 3 aromatic rings. The molecule has 1 aromatic heterocycles. The Balaban J connectivity index is 1.32. The second-order valence-corrected chi connectivity index (χ2v) is 7.71. The normalized spacial score (nSPS) is 12.9. The van der Waals surface area contributed by atoms with Crippen molar-refractivity contribution in [1.29, 1.82) is 0 Å². The van der Waals surface area contributed by atoms with Crippen LogP contribution in [0.15, 0.2) is 60.7 Å². The van der Waals surface area contributed by atoms with E-state index in [4.69, 9.17) is 0 Å². The van der Waals surface area contributed by atoms with E-state index < -0.39 is 0 Å². The molecule has 5 heteroatoms. The van der Waals surface area contributed by atoms with Gasteiger partial charge in [-0.05, 0) is 57.0 Å². The van der Waals surface area contributed by atoms with Crippen molar-refractivity contribution >= 4 is 5.91 Å². The highest BCUT2D eigenvalue weighted by Gasteiger charge is 2.26. The molecule has 5 nitrogen and oxygen atoms in total. The van der Waals surface area contributed by atoms with Gasteiger partial charge in [-0.2, -0.15) is 5.10 Å². The lowest BCUT2D eigenvalue weighted by Gasteiger charge is -2.16. The Kier molecular flexibility index (Phi) is 6.06. The van der Waals surface area contributed by atoms with Crippen molar-refractivity contribution in [3.63, 3.8) is 0 Å². The molecule has 1 aliphatic rings. The first-order valence-corrected chi connectivity index (χ1v) is 10.4. The van der Waals surface area contributed by atoms with Crippen LogP contribution < -0.4 is 5.32 Å². The number of fused-ring (bicyclic) bond motifs is 1. The number of hydrogen-bond donors (Lipinski definition) is 1. The Labute approximate surface area is 172 Å². The van der Waals surface area contributed by atoms with Gasteiger partial charge in [0, 0.05) is 24.3 Å². The van der Waals surface area contributed by atoms with Gasteiger partial charge in [0.15, 0.2) is 5.69 Å².